The first-order valence-corrected chi connectivity index (χ1v) is 4.73. The fourth-order valence-corrected chi connectivity index (χ4v) is 1.49. The molecule has 0 aliphatic rings. The molecule has 2 N–H and O–H groups in total. The summed E-state index contributed by atoms with van der Waals surface area (Å²) in [4.78, 5) is 0. The fraction of sp³-hybridized carbons (Fsp3) is 0. The van der Waals surface area contributed by atoms with E-state index in [4.69, 9.17) is 10.4 Å². The minimum absolute atomic E-state index is 0.0182. The van der Waals surface area contributed by atoms with Gasteiger partial charge in [-0.25, -0.2) is 0 Å². The lowest BCUT2D eigenvalue weighted by Crippen LogP contribution is -1.80. The molecule has 0 atom stereocenters. The van der Waals surface area contributed by atoms with Crippen molar-refractivity contribution >= 4 is 0 Å². The second-order valence-electron chi connectivity index (χ2n) is 3.39. The Morgan fingerprint density at radius 1 is 0.938 bits per heavy atom. The molecule has 0 heterocycles. The van der Waals surface area contributed by atoms with Gasteiger partial charge in [0.15, 0.2) is 0 Å². The lowest BCUT2D eigenvalue weighted by molar-refractivity contribution is 0.452. The summed E-state index contributed by atoms with van der Waals surface area (Å²) in [6.45, 7) is 0. The summed E-state index contributed by atoms with van der Waals surface area (Å²) in [6, 6.07) is 13.3. The molecule has 78 valence electrons. The van der Waals surface area contributed by atoms with Crippen LogP contribution in [0.15, 0.2) is 42.5 Å². The van der Waals surface area contributed by atoms with E-state index in [2.05, 4.69) is 0 Å². The van der Waals surface area contributed by atoms with Crippen LogP contribution in [0.2, 0.25) is 0 Å². The zero-order chi connectivity index (χ0) is 11.5. The lowest BCUT2D eigenvalue weighted by atomic mass is 10.0. The number of hydrogen-bond acceptors (Lipinski definition) is 3. The molecule has 0 spiro atoms. The summed E-state index contributed by atoms with van der Waals surface area (Å²) in [6.07, 6.45) is 0. The van der Waals surface area contributed by atoms with Crippen LogP contribution in [0.5, 0.6) is 11.5 Å². The average molecular weight is 211 g/mol. The minimum Gasteiger partial charge on any atom is -0.508 e. The Morgan fingerprint density at radius 3 is 2.19 bits per heavy atom. The molecule has 2 aromatic rings. The van der Waals surface area contributed by atoms with Crippen molar-refractivity contribution in [3.63, 3.8) is 0 Å². The van der Waals surface area contributed by atoms with E-state index in [1.54, 1.807) is 30.3 Å². The Labute approximate surface area is 92.8 Å². The zero-order valence-electron chi connectivity index (χ0n) is 8.38. The molecule has 3 nitrogen and oxygen atoms in total. The molecule has 0 radical (unpaired) electrons. The van der Waals surface area contributed by atoms with E-state index >= 15 is 0 Å². The predicted octanol–water partition coefficient (Wildman–Crippen LogP) is 2.64. The Morgan fingerprint density at radius 2 is 1.62 bits per heavy atom. The Hall–Kier alpha value is -2.47. The van der Waals surface area contributed by atoms with Gasteiger partial charge in [0, 0.05) is 11.6 Å². The number of nitriles is 1. The third-order valence-electron chi connectivity index (χ3n) is 2.31. The van der Waals surface area contributed by atoms with Crippen molar-refractivity contribution in [2.45, 2.75) is 0 Å². The van der Waals surface area contributed by atoms with Gasteiger partial charge < -0.3 is 10.2 Å². The topological polar surface area (TPSA) is 64.2 Å². The van der Waals surface area contributed by atoms with E-state index in [1.165, 1.54) is 12.1 Å². The molecule has 0 fully saturated rings. The highest BCUT2D eigenvalue weighted by molar-refractivity contribution is 5.71. The number of phenols is 2. The van der Waals surface area contributed by atoms with E-state index in [1.807, 2.05) is 6.07 Å². The highest BCUT2D eigenvalue weighted by atomic mass is 16.3. The normalized spacial score (nSPS) is 9.69. The largest absolute Gasteiger partial charge is 0.508 e. The molecule has 3 heteroatoms. The molecule has 0 unspecified atom stereocenters. The highest BCUT2D eigenvalue weighted by Gasteiger charge is 2.04. The van der Waals surface area contributed by atoms with Gasteiger partial charge >= 0.3 is 0 Å². The smallest absolute Gasteiger partial charge is 0.127 e. The Bertz CT molecular complexity index is 553. The van der Waals surface area contributed by atoms with Gasteiger partial charge in [-0.05, 0) is 29.8 Å². The van der Waals surface area contributed by atoms with Gasteiger partial charge in [-0.1, -0.05) is 12.1 Å². The van der Waals surface area contributed by atoms with Crippen molar-refractivity contribution in [3.8, 4) is 28.7 Å². The summed E-state index contributed by atoms with van der Waals surface area (Å²) in [5.41, 5.74) is 2.00. The van der Waals surface area contributed by atoms with E-state index in [0.717, 1.165) is 5.56 Å². The summed E-state index contributed by atoms with van der Waals surface area (Å²) in [5.74, 6) is 0.0413. The number of phenolic OH excluding ortho intramolecular Hbond substituents is 2. The monoisotopic (exact) mass is 211 g/mol. The van der Waals surface area contributed by atoms with Gasteiger partial charge in [0.1, 0.15) is 11.5 Å². The Kier molecular flexibility index (Phi) is 2.49. The van der Waals surface area contributed by atoms with Crippen molar-refractivity contribution < 1.29 is 10.2 Å². The lowest BCUT2D eigenvalue weighted by Gasteiger charge is -2.05. The van der Waals surface area contributed by atoms with Gasteiger partial charge in [-0.3, -0.25) is 0 Å². The van der Waals surface area contributed by atoms with Gasteiger partial charge in [0.05, 0.1) is 11.6 Å². The van der Waals surface area contributed by atoms with Crippen LogP contribution in [-0.2, 0) is 0 Å². The second kappa shape index (κ2) is 3.95. The van der Waals surface area contributed by atoms with Crippen LogP contribution in [0.3, 0.4) is 0 Å². The molecule has 2 aromatic carbocycles. The number of nitrogens with zero attached hydrogens (tertiary/aromatic N) is 1. The number of rotatable bonds is 1. The van der Waals surface area contributed by atoms with Crippen molar-refractivity contribution in [2.24, 2.45) is 0 Å². The molecular weight excluding hydrogens is 202 g/mol. The standard InChI is InChI=1S/C13H9NO2/c14-8-9-1-3-10(4-2-9)12-6-5-11(15)7-13(12)16/h1-7,15-16H. The zero-order valence-corrected chi connectivity index (χ0v) is 8.38. The molecule has 0 bridgehead atoms. The average Bonchev–Trinajstić information content (AvgIpc) is 2.29. The van der Waals surface area contributed by atoms with Crippen LogP contribution in [0, 0.1) is 11.3 Å². The molecule has 0 aromatic heterocycles. The van der Waals surface area contributed by atoms with Crippen LogP contribution in [-0.4, -0.2) is 10.2 Å². The maximum Gasteiger partial charge on any atom is 0.127 e. The van der Waals surface area contributed by atoms with Crippen molar-refractivity contribution in [3.05, 3.63) is 48.0 Å². The van der Waals surface area contributed by atoms with Crippen molar-refractivity contribution in [1.29, 1.82) is 5.26 Å². The van der Waals surface area contributed by atoms with Crippen LogP contribution in [0.25, 0.3) is 11.1 Å². The van der Waals surface area contributed by atoms with Crippen LogP contribution >= 0.6 is 0 Å². The molecular formula is C13H9NO2. The maximum absolute atomic E-state index is 9.65. The third kappa shape index (κ3) is 1.82. The quantitative estimate of drug-likeness (QED) is 0.762. The Balaban J connectivity index is 2.47. The predicted molar refractivity (Wildman–Crippen MR) is 59.9 cm³/mol. The van der Waals surface area contributed by atoms with E-state index in [0.29, 0.717) is 11.1 Å². The maximum atomic E-state index is 9.65. The molecule has 0 aliphatic heterocycles. The highest BCUT2D eigenvalue weighted by Crippen LogP contribution is 2.31. The van der Waals surface area contributed by atoms with Gasteiger partial charge in [0.25, 0.3) is 0 Å². The van der Waals surface area contributed by atoms with Crippen LogP contribution in [0.1, 0.15) is 5.56 Å². The molecule has 0 amide bonds. The van der Waals surface area contributed by atoms with E-state index in [-0.39, 0.29) is 11.5 Å². The summed E-state index contributed by atoms with van der Waals surface area (Å²) in [5, 5.41) is 27.5. The molecule has 16 heavy (non-hydrogen) atoms. The van der Waals surface area contributed by atoms with Gasteiger partial charge in [0.2, 0.25) is 0 Å². The van der Waals surface area contributed by atoms with Gasteiger partial charge in [-0.15, -0.1) is 0 Å². The molecule has 0 aliphatic carbocycles. The van der Waals surface area contributed by atoms with E-state index < -0.39 is 0 Å². The first kappa shape index (κ1) is 10.1. The minimum atomic E-state index is 0.0182. The summed E-state index contributed by atoms with van der Waals surface area (Å²) in [7, 11) is 0. The molecule has 0 saturated carbocycles. The SMILES string of the molecule is N#Cc1ccc(-c2ccc(O)cc2O)cc1. The number of aromatic hydroxyl groups is 2. The third-order valence-corrected chi connectivity index (χ3v) is 2.31. The molecule has 2 rings (SSSR count). The first-order valence-electron chi connectivity index (χ1n) is 4.73. The number of benzene rings is 2. The first-order chi connectivity index (χ1) is 7.70. The summed E-state index contributed by atoms with van der Waals surface area (Å²) >= 11 is 0. The van der Waals surface area contributed by atoms with Gasteiger partial charge in [-0.2, -0.15) is 5.26 Å². The fourth-order valence-electron chi connectivity index (χ4n) is 1.49. The number of hydrogen-bond donors (Lipinski definition) is 2. The second-order valence-corrected chi connectivity index (χ2v) is 3.39. The van der Waals surface area contributed by atoms with Crippen molar-refractivity contribution in [1.82, 2.24) is 0 Å². The molecule has 0 saturated heterocycles. The van der Waals surface area contributed by atoms with Crippen LogP contribution in [0.4, 0.5) is 0 Å². The van der Waals surface area contributed by atoms with E-state index in [9.17, 15) is 5.11 Å². The summed E-state index contributed by atoms with van der Waals surface area (Å²) < 4.78 is 0. The van der Waals surface area contributed by atoms with Crippen molar-refractivity contribution in [2.75, 3.05) is 0 Å². The van der Waals surface area contributed by atoms with Crippen LogP contribution < -0.4 is 0 Å².